The molecule has 0 N–H and O–H groups in total. The first kappa shape index (κ1) is 20.7. The van der Waals surface area contributed by atoms with Crippen molar-refractivity contribution in [1.82, 2.24) is 4.90 Å². The van der Waals surface area contributed by atoms with Gasteiger partial charge in [0.1, 0.15) is 6.04 Å². The van der Waals surface area contributed by atoms with Crippen molar-refractivity contribution in [3.8, 4) is 0 Å². The van der Waals surface area contributed by atoms with Crippen LogP contribution >= 0.6 is 11.8 Å². The molecule has 6 heteroatoms. The number of hydrogen-bond acceptors (Lipinski definition) is 5. The summed E-state index contributed by atoms with van der Waals surface area (Å²) in [5, 5.41) is 0. The number of carbonyl (C=O) groups excluding carboxylic acids is 3. The first-order chi connectivity index (χ1) is 14.3. The number of esters is 1. The molecule has 156 valence electrons. The van der Waals surface area contributed by atoms with Crippen LogP contribution in [0.4, 0.5) is 0 Å². The smallest absolute Gasteiger partial charge is 0.330 e. The van der Waals surface area contributed by atoms with Crippen molar-refractivity contribution in [2.24, 2.45) is 0 Å². The standard InChI is InChI=1S/C24H25NO4S/c1-15-4-8-17(9-5-15)21(27)22(18-10-6-16(2)7-11-18)29-23(28)19-14-30-24(3)13-12-20(26)25(19)24/h4-11,19,22H,12-14H2,1-3H3/t19-,22+,24-/m0/s1. The van der Waals surface area contributed by atoms with Crippen molar-refractivity contribution in [2.75, 3.05) is 5.75 Å². The molecule has 2 aliphatic heterocycles. The molecule has 1 amide bonds. The molecule has 4 rings (SSSR count). The zero-order valence-electron chi connectivity index (χ0n) is 17.4. The molecule has 5 nitrogen and oxygen atoms in total. The van der Waals surface area contributed by atoms with E-state index in [4.69, 9.17) is 4.74 Å². The van der Waals surface area contributed by atoms with Crippen LogP contribution in [0.3, 0.4) is 0 Å². The molecular formula is C24H25NO4S. The van der Waals surface area contributed by atoms with Gasteiger partial charge in [-0.05, 0) is 27.2 Å². The fourth-order valence-electron chi connectivity index (χ4n) is 4.07. The number of benzene rings is 2. The van der Waals surface area contributed by atoms with E-state index in [0.29, 0.717) is 23.3 Å². The second-order valence-electron chi connectivity index (χ2n) is 8.22. The number of Topliss-reactive ketones (excluding diaryl/α,β-unsaturated/α-hetero) is 1. The molecule has 2 aromatic rings. The number of ketones is 1. The number of fused-ring (bicyclic) bond motifs is 1. The molecule has 0 bridgehead atoms. The number of amides is 1. The molecule has 0 aromatic heterocycles. The Labute approximate surface area is 180 Å². The largest absolute Gasteiger partial charge is 0.447 e. The van der Waals surface area contributed by atoms with Crippen molar-refractivity contribution in [3.63, 3.8) is 0 Å². The lowest BCUT2D eigenvalue weighted by Crippen LogP contribution is -2.47. The number of ether oxygens (including phenoxy) is 1. The highest BCUT2D eigenvalue weighted by Gasteiger charge is 2.54. The van der Waals surface area contributed by atoms with Crippen LogP contribution in [-0.2, 0) is 14.3 Å². The number of hydrogen-bond donors (Lipinski definition) is 0. The van der Waals surface area contributed by atoms with E-state index in [-0.39, 0.29) is 16.6 Å². The molecule has 2 aliphatic rings. The van der Waals surface area contributed by atoms with Crippen LogP contribution in [0.15, 0.2) is 48.5 Å². The average molecular weight is 424 g/mol. The summed E-state index contributed by atoms with van der Waals surface area (Å²) >= 11 is 1.61. The van der Waals surface area contributed by atoms with Gasteiger partial charge in [0, 0.05) is 23.3 Å². The van der Waals surface area contributed by atoms with Crippen molar-refractivity contribution in [1.29, 1.82) is 0 Å². The normalized spacial score (nSPS) is 23.9. The third-order valence-electron chi connectivity index (χ3n) is 5.91. The van der Waals surface area contributed by atoms with Gasteiger partial charge in [-0.1, -0.05) is 59.7 Å². The second kappa shape index (κ2) is 7.91. The Balaban J connectivity index is 1.62. The Bertz CT molecular complexity index is 985. The summed E-state index contributed by atoms with van der Waals surface area (Å²) in [5.41, 5.74) is 3.21. The third kappa shape index (κ3) is 3.76. The first-order valence-corrected chi connectivity index (χ1v) is 11.1. The molecule has 2 saturated heterocycles. The number of nitrogens with zero attached hydrogens (tertiary/aromatic N) is 1. The Morgan fingerprint density at radius 1 is 1.07 bits per heavy atom. The lowest BCUT2D eigenvalue weighted by atomic mass is 9.98. The SMILES string of the molecule is Cc1ccc(C(=O)[C@H](OC(=O)[C@@H]2CS[C@@]3(C)CCC(=O)N23)c2ccc(C)cc2)cc1. The maximum absolute atomic E-state index is 13.3. The highest BCUT2D eigenvalue weighted by Crippen LogP contribution is 2.47. The molecule has 0 spiro atoms. The van der Waals surface area contributed by atoms with Gasteiger partial charge < -0.3 is 9.64 Å². The summed E-state index contributed by atoms with van der Waals surface area (Å²) in [4.78, 5) is 40.1. The molecule has 3 atom stereocenters. The zero-order chi connectivity index (χ0) is 21.5. The van der Waals surface area contributed by atoms with E-state index >= 15 is 0 Å². The van der Waals surface area contributed by atoms with Gasteiger partial charge in [0.05, 0.1) is 4.87 Å². The van der Waals surface area contributed by atoms with E-state index in [1.807, 2.05) is 57.2 Å². The van der Waals surface area contributed by atoms with Crippen LogP contribution in [0, 0.1) is 13.8 Å². The predicted octanol–water partition coefficient (Wildman–Crippen LogP) is 4.22. The minimum atomic E-state index is -1.05. The zero-order valence-corrected chi connectivity index (χ0v) is 18.2. The van der Waals surface area contributed by atoms with Gasteiger partial charge in [0.25, 0.3) is 0 Å². The Morgan fingerprint density at radius 3 is 2.30 bits per heavy atom. The van der Waals surface area contributed by atoms with Crippen molar-refractivity contribution < 1.29 is 19.1 Å². The monoisotopic (exact) mass is 423 g/mol. The van der Waals surface area contributed by atoms with Gasteiger partial charge in [-0.25, -0.2) is 4.79 Å². The fourth-order valence-corrected chi connectivity index (χ4v) is 5.49. The van der Waals surface area contributed by atoms with E-state index in [1.165, 1.54) is 0 Å². The van der Waals surface area contributed by atoms with Gasteiger partial charge in [-0.3, -0.25) is 9.59 Å². The lowest BCUT2D eigenvalue weighted by molar-refractivity contribution is -0.156. The van der Waals surface area contributed by atoms with E-state index in [2.05, 4.69) is 0 Å². The molecule has 0 aliphatic carbocycles. The molecule has 0 radical (unpaired) electrons. The number of carbonyl (C=O) groups is 3. The summed E-state index contributed by atoms with van der Waals surface area (Å²) < 4.78 is 5.81. The van der Waals surface area contributed by atoms with Gasteiger partial charge in [-0.2, -0.15) is 0 Å². The highest BCUT2D eigenvalue weighted by molar-refractivity contribution is 8.01. The van der Waals surface area contributed by atoms with Gasteiger partial charge in [-0.15, -0.1) is 11.8 Å². The van der Waals surface area contributed by atoms with Crippen LogP contribution < -0.4 is 0 Å². The number of aryl methyl sites for hydroxylation is 2. The van der Waals surface area contributed by atoms with E-state index in [1.54, 1.807) is 28.8 Å². The third-order valence-corrected chi connectivity index (χ3v) is 7.41. The van der Waals surface area contributed by atoms with Gasteiger partial charge >= 0.3 is 5.97 Å². The average Bonchev–Trinajstić information content (AvgIpc) is 3.22. The predicted molar refractivity (Wildman–Crippen MR) is 116 cm³/mol. The molecule has 30 heavy (non-hydrogen) atoms. The summed E-state index contributed by atoms with van der Waals surface area (Å²) in [6, 6.07) is 14.0. The summed E-state index contributed by atoms with van der Waals surface area (Å²) in [6.07, 6.45) is 0.122. The number of rotatable bonds is 5. The minimum Gasteiger partial charge on any atom is -0.447 e. The van der Waals surface area contributed by atoms with Crippen LogP contribution in [0.5, 0.6) is 0 Å². The van der Waals surface area contributed by atoms with E-state index < -0.39 is 18.1 Å². The summed E-state index contributed by atoms with van der Waals surface area (Å²) in [7, 11) is 0. The highest BCUT2D eigenvalue weighted by atomic mass is 32.2. The topological polar surface area (TPSA) is 63.7 Å². The van der Waals surface area contributed by atoms with Crippen LogP contribution in [0.25, 0.3) is 0 Å². The fraction of sp³-hybridized carbons (Fsp3) is 0.375. The van der Waals surface area contributed by atoms with Crippen LogP contribution in [-0.4, -0.2) is 39.2 Å². The van der Waals surface area contributed by atoms with Crippen molar-refractivity contribution >= 4 is 29.4 Å². The first-order valence-electron chi connectivity index (χ1n) is 10.1. The molecular weight excluding hydrogens is 398 g/mol. The van der Waals surface area contributed by atoms with Gasteiger partial charge in [0.2, 0.25) is 11.7 Å². The molecule has 0 saturated carbocycles. The van der Waals surface area contributed by atoms with Crippen LogP contribution in [0.1, 0.15) is 52.9 Å². The van der Waals surface area contributed by atoms with Crippen molar-refractivity contribution in [2.45, 2.75) is 50.6 Å². The molecule has 0 unspecified atom stereocenters. The van der Waals surface area contributed by atoms with Crippen molar-refractivity contribution in [3.05, 3.63) is 70.8 Å². The van der Waals surface area contributed by atoms with E-state index in [0.717, 1.165) is 17.5 Å². The Morgan fingerprint density at radius 2 is 1.67 bits per heavy atom. The molecule has 2 aromatic carbocycles. The Hall–Kier alpha value is -2.60. The van der Waals surface area contributed by atoms with Crippen LogP contribution in [0.2, 0.25) is 0 Å². The Kier molecular flexibility index (Phi) is 5.45. The van der Waals surface area contributed by atoms with Gasteiger partial charge in [0.15, 0.2) is 6.10 Å². The minimum absolute atomic E-state index is 0.0267. The summed E-state index contributed by atoms with van der Waals surface area (Å²) in [5.74, 6) is -0.331. The lowest BCUT2D eigenvalue weighted by Gasteiger charge is -2.30. The number of thioether (sulfide) groups is 1. The maximum Gasteiger partial charge on any atom is 0.330 e. The van der Waals surface area contributed by atoms with E-state index in [9.17, 15) is 14.4 Å². The molecule has 2 fully saturated rings. The molecule has 2 heterocycles. The second-order valence-corrected chi connectivity index (χ2v) is 9.72. The quantitative estimate of drug-likeness (QED) is 0.532. The summed E-state index contributed by atoms with van der Waals surface area (Å²) in [6.45, 7) is 5.90. The maximum atomic E-state index is 13.3.